The maximum absolute atomic E-state index is 11.8. The molecule has 0 aromatic heterocycles. The van der Waals surface area contributed by atoms with Crippen molar-refractivity contribution in [3.05, 3.63) is 29.8 Å². The number of hydrogen-bond acceptors (Lipinski definition) is 5. The molecule has 1 aliphatic heterocycles. The van der Waals surface area contributed by atoms with Crippen molar-refractivity contribution in [3.63, 3.8) is 0 Å². The molecule has 1 aliphatic carbocycles. The number of hydrogen-bond donors (Lipinski definition) is 2. The average Bonchev–Trinajstić information content (AvgIpc) is 2.96. The third-order valence-corrected chi connectivity index (χ3v) is 5.26. The summed E-state index contributed by atoms with van der Waals surface area (Å²) in [5.74, 6) is 0.289. The molecule has 0 amide bonds. The summed E-state index contributed by atoms with van der Waals surface area (Å²) in [6.07, 6.45) is 4.60. The van der Waals surface area contributed by atoms with Crippen LogP contribution in [0.5, 0.6) is 5.75 Å². The van der Waals surface area contributed by atoms with Crippen LogP contribution in [0.15, 0.2) is 24.3 Å². The minimum Gasteiger partial charge on any atom is -0.482 e. The molecule has 1 aromatic carbocycles. The van der Waals surface area contributed by atoms with E-state index >= 15 is 0 Å². The molecule has 1 aromatic rings. The Labute approximate surface area is 153 Å². The smallest absolute Gasteiger partial charge is 0.341 e. The first-order valence-corrected chi connectivity index (χ1v) is 9.37. The minimum absolute atomic E-state index is 0.159. The van der Waals surface area contributed by atoms with Gasteiger partial charge in [-0.3, -0.25) is 4.79 Å². The zero-order chi connectivity index (χ0) is 18.5. The molecule has 1 saturated heterocycles. The van der Waals surface area contributed by atoms with Crippen molar-refractivity contribution in [2.45, 2.75) is 63.1 Å². The lowest BCUT2D eigenvalue weighted by molar-refractivity contribution is -0.139. The van der Waals surface area contributed by atoms with E-state index in [1.807, 2.05) is 31.2 Å². The van der Waals surface area contributed by atoms with E-state index in [-0.39, 0.29) is 30.6 Å². The fourth-order valence-electron chi connectivity index (χ4n) is 3.94. The number of ether oxygens (including phenoxy) is 2. The van der Waals surface area contributed by atoms with Gasteiger partial charge in [0.15, 0.2) is 12.4 Å². The van der Waals surface area contributed by atoms with Gasteiger partial charge in [0, 0.05) is 12.5 Å². The molecule has 3 rings (SSSR count). The van der Waals surface area contributed by atoms with Crippen LogP contribution in [0.1, 0.15) is 50.5 Å². The first-order valence-electron chi connectivity index (χ1n) is 9.37. The normalized spacial score (nSPS) is 28.9. The summed E-state index contributed by atoms with van der Waals surface area (Å²) in [5, 5.41) is 12.1. The lowest BCUT2D eigenvalue weighted by Gasteiger charge is -2.30. The Balaban J connectivity index is 1.49. The number of benzene rings is 1. The summed E-state index contributed by atoms with van der Waals surface area (Å²) >= 11 is 0. The van der Waals surface area contributed by atoms with E-state index in [2.05, 4.69) is 5.32 Å². The van der Waals surface area contributed by atoms with Crippen LogP contribution in [-0.4, -0.2) is 48.3 Å². The predicted octanol–water partition coefficient (Wildman–Crippen LogP) is 2.51. The molecule has 2 N–H and O–H groups in total. The molecule has 0 bridgehead atoms. The molecule has 142 valence electrons. The zero-order valence-corrected chi connectivity index (χ0v) is 15.1. The second-order valence-corrected chi connectivity index (χ2v) is 7.32. The Morgan fingerprint density at radius 2 is 1.96 bits per heavy atom. The summed E-state index contributed by atoms with van der Waals surface area (Å²) in [7, 11) is 0. The van der Waals surface area contributed by atoms with E-state index < -0.39 is 5.97 Å². The first-order chi connectivity index (χ1) is 12.5. The number of aliphatic carboxylic acids is 1. The third kappa shape index (κ3) is 4.83. The van der Waals surface area contributed by atoms with Crippen molar-refractivity contribution in [3.8, 4) is 5.75 Å². The SMILES string of the molecule is CC1CC(=O)[C@H](COC2CCC(c3ccccc3OCC(=O)O)CC2)N1. The van der Waals surface area contributed by atoms with Crippen molar-refractivity contribution in [1.82, 2.24) is 5.32 Å². The summed E-state index contributed by atoms with van der Waals surface area (Å²) in [6.45, 7) is 2.15. The summed E-state index contributed by atoms with van der Waals surface area (Å²) < 4.78 is 11.4. The number of nitrogens with one attached hydrogen (secondary N) is 1. The third-order valence-electron chi connectivity index (χ3n) is 5.26. The number of para-hydroxylation sites is 1. The predicted molar refractivity (Wildman–Crippen MR) is 96.5 cm³/mol. The second kappa shape index (κ2) is 8.64. The van der Waals surface area contributed by atoms with Gasteiger partial charge in [-0.2, -0.15) is 0 Å². The van der Waals surface area contributed by atoms with Crippen LogP contribution in [-0.2, 0) is 14.3 Å². The zero-order valence-electron chi connectivity index (χ0n) is 15.1. The van der Waals surface area contributed by atoms with Crippen LogP contribution >= 0.6 is 0 Å². The second-order valence-electron chi connectivity index (χ2n) is 7.32. The van der Waals surface area contributed by atoms with Gasteiger partial charge in [-0.15, -0.1) is 0 Å². The number of carboxylic acid groups (broad SMARTS) is 1. The Morgan fingerprint density at radius 3 is 2.62 bits per heavy atom. The van der Waals surface area contributed by atoms with E-state index in [1.165, 1.54) is 0 Å². The van der Waals surface area contributed by atoms with Gasteiger partial charge in [-0.1, -0.05) is 18.2 Å². The lowest BCUT2D eigenvalue weighted by Crippen LogP contribution is -2.36. The van der Waals surface area contributed by atoms with Crippen molar-refractivity contribution in [2.24, 2.45) is 0 Å². The highest BCUT2D eigenvalue weighted by molar-refractivity contribution is 5.86. The molecule has 2 atom stereocenters. The molecule has 2 aliphatic rings. The van der Waals surface area contributed by atoms with Crippen molar-refractivity contribution >= 4 is 11.8 Å². The van der Waals surface area contributed by atoms with Crippen molar-refractivity contribution in [1.29, 1.82) is 0 Å². The molecule has 0 spiro atoms. The Hall–Kier alpha value is -1.92. The van der Waals surface area contributed by atoms with Gasteiger partial charge >= 0.3 is 5.97 Å². The van der Waals surface area contributed by atoms with E-state index in [4.69, 9.17) is 14.6 Å². The summed E-state index contributed by atoms with van der Waals surface area (Å²) in [4.78, 5) is 22.6. The molecule has 2 fully saturated rings. The van der Waals surface area contributed by atoms with E-state index in [9.17, 15) is 9.59 Å². The van der Waals surface area contributed by atoms with Gasteiger partial charge in [0.25, 0.3) is 0 Å². The van der Waals surface area contributed by atoms with Gasteiger partial charge in [0.2, 0.25) is 0 Å². The molecule has 0 radical (unpaired) electrons. The Morgan fingerprint density at radius 1 is 1.23 bits per heavy atom. The highest BCUT2D eigenvalue weighted by Gasteiger charge is 2.31. The lowest BCUT2D eigenvalue weighted by atomic mass is 9.82. The average molecular weight is 361 g/mol. The molecule has 6 heteroatoms. The van der Waals surface area contributed by atoms with E-state index in [1.54, 1.807) is 0 Å². The van der Waals surface area contributed by atoms with Crippen LogP contribution in [0.3, 0.4) is 0 Å². The van der Waals surface area contributed by atoms with E-state index in [0.29, 0.717) is 24.7 Å². The largest absolute Gasteiger partial charge is 0.482 e. The van der Waals surface area contributed by atoms with Crippen LogP contribution < -0.4 is 10.1 Å². The molecule has 1 unspecified atom stereocenters. The standard InChI is InChI=1S/C20H27NO5/c1-13-10-18(22)17(21-13)11-25-15-8-6-14(7-9-15)16-4-2-3-5-19(16)26-12-20(23)24/h2-5,13-15,17,21H,6-12H2,1H3,(H,23,24)/t13?,14?,15?,17-/m0/s1. The molecule has 1 heterocycles. The van der Waals surface area contributed by atoms with Crippen LogP contribution in [0.2, 0.25) is 0 Å². The highest BCUT2D eigenvalue weighted by Crippen LogP contribution is 2.38. The van der Waals surface area contributed by atoms with Gasteiger partial charge in [0.05, 0.1) is 18.8 Å². The van der Waals surface area contributed by atoms with Crippen LogP contribution in [0, 0.1) is 0 Å². The number of ketones is 1. The fraction of sp³-hybridized carbons (Fsp3) is 0.600. The Bertz CT molecular complexity index is 639. The number of rotatable bonds is 7. The molecule has 26 heavy (non-hydrogen) atoms. The summed E-state index contributed by atoms with van der Waals surface area (Å²) in [6, 6.07) is 7.76. The number of Topliss-reactive ketones (excluding diaryl/α,β-unsaturated/α-hetero) is 1. The van der Waals surface area contributed by atoms with Crippen molar-refractivity contribution in [2.75, 3.05) is 13.2 Å². The monoisotopic (exact) mass is 361 g/mol. The van der Waals surface area contributed by atoms with Crippen molar-refractivity contribution < 1.29 is 24.2 Å². The van der Waals surface area contributed by atoms with Crippen LogP contribution in [0.4, 0.5) is 0 Å². The van der Waals surface area contributed by atoms with Gasteiger partial charge in [-0.05, 0) is 50.2 Å². The van der Waals surface area contributed by atoms with Gasteiger partial charge in [0.1, 0.15) is 5.75 Å². The summed E-state index contributed by atoms with van der Waals surface area (Å²) in [5.41, 5.74) is 1.08. The molecule has 1 saturated carbocycles. The topological polar surface area (TPSA) is 84.9 Å². The first kappa shape index (κ1) is 18.9. The molecular formula is C20H27NO5. The number of carbonyl (C=O) groups excluding carboxylic acids is 1. The van der Waals surface area contributed by atoms with Gasteiger partial charge < -0.3 is 19.9 Å². The maximum atomic E-state index is 11.8. The number of carbonyl (C=O) groups is 2. The number of carboxylic acids is 1. The van der Waals surface area contributed by atoms with Gasteiger partial charge in [-0.25, -0.2) is 4.79 Å². The van der Waals surface area contributed by atoms with E-state index in [0.717, 1.165) is 31.2 Å². The highest BCUT2D eigenvalue weighted by atomic mass is 16.5. The molecular weight excluding hydrogens is 334 g/mol. The fourth-order valence-corrected chi connectivity index (χ4v) is 3.94. The molecule has 6 nitrogen and oxygen atoms in total. The van der Waals surface area contributed by atoms with Crippen LogP contribution in [0.25, 0.3) is 0 Å². The maximum Gasteiger partial charge on any atom is 0.341 e. The quantitative estimate of drug-likeness (QED) is 0.776. The Kier molecular flexibility index (Phi) is 6.27. The minimum atomic E-state index is -0.971.